The Bertz CT molecular complexity index is 825. The molecule has 4 N–H and O–H groups in total. The fourth-order valence-corrected chi connectivity index (χ4v) is 9.23. The largest absolute Gasteiger partial charge is 0.545 e. The standard InChI is InChI=1S/C23H35N3O4/c1-25-20(24)26-10-4-9-21(12-26)15-8-7-14-5-3-6-17-22(29,13-30-2)18(19(27)28)16(11-15)23(14,17)21/h14-15,17,29H,3-13H2,1-2H3,(H2,24,25)(H,27,28)/t14-,15-,17+,21-,22-,23+/m1/s1. The van der Waals surface area contributed by atoms with E-state index in [9.17, 15) is 15.0 Å². The second kappa shape index (κ2) is 6.78. The summed E-state index contributed by atoms with van der Waals surface area (Å²) < 4.78 is 5.43. The van der Waals surface area contributed by atoms with Gasteiger partial charge in [-0.1, -0.05) is 12.0 Å². The topological polar surface area (TPSA) is 112 Å². The number of aliphatic imine (C=N–C) groups is 1. The van der Waals surface area contributed by atoms with E-state index in [0.29, 0.717) is 17.8 Å². The minimum absolute atomic E-state index is 0.0226. The number of guanidine groups is 1. The molecular weight excluding hydrogens is 382 g/mol. The van der Waals surface area contributed by atoms with E-state index in [1.807, 2.05) is 0 Å². The van der Waals surface area contributed by atoms with Crippen molar-refractivity contribution in [3.63, 3.8) is 0 Å². The van der Waals surface area contributed by atoms with Crippen LogP contribution in [0.25, 0.3) is 0 Å². The molecule has 1 saturated heterocycles. The van der Waals surface area contributed by atoms with E-state index >= 15 is 0 Å². The molecule has 0 radical (unpaired) electrons. The van der Waals surface area contributed by atoms with Crippen molar-refractivity contribution in [1.82, 2.24) is 0 Å². The maximum absolute atomic E-state index is 12.5. The summed E-state index contributed by atoms with van der Waals surface area (Å²) in [5, 5.41) is 24.4. The molecule has 4 fully saturated rings. The number of nitrogens with zero attached hydrogens (tertiary/aromatic N) is 1. The molecule has 4 aliphatic carbocycles. The Kier molecular flexibility index (Phi) is 4.62. The van der Waals surface area contributed by atoms with E-state index in [-0.39, 0.29) is 28.9 Å². The molecular formula is C23H35N3O4. The van der Waals surface area contributed by atoms with Crippen LogP contribution in [0.15, 0.2) is 16.1 Å². The number of rotatable bonds is 3. The van der Waals surface area contributed by atoms with Crippen LogP contribution in [0.5, 0.6) is 0 Å². The van der Waals surface area contributed by atoms with Crippen molar-refractivity contribution >= 4 is 11.9 Å². The van der Waals surface area contributed by atoms with E-state index in [1.165, 1.54) is 4.90 Å². The van der Waals surface area contributed by atoms with Crippen molar-refractivity contribution in [1.29, 1.82) is 0 Å². The first-order valence-corrected chi connectivity index (χ1v) is 11.6. The minimum atomic E-state index is -1.46. The Morgan fingerprint density at radius 3 is 2.77 bits per heavy atom. The molecule has 5 aliphatic rings. The molecule has 0 aromatic heterocycles. The van der Waals surface area contributed by atoms with E-state index in [4.69, 9.17) is 10.5 Å². The molecule has 2 bridgehead atoms. The molecule has 7 nitrogen and oxygen atoms in total. The number of piperidine rings is 1. The summed E-state index contributed by atoms with van der Waals surface area (Å²) in [6, 6.07) is 0. The third kappa shape index (κ3) is 2.21. The van der Waals surface area contributed by atoms with Gasteiger partial charge in [0.2, 0.25) is 0 Å². The van der Waals surface area contributed by atoms with Gasteiger partial charge >= 0.3 is 0 Å². The van der Waals surface area contributed by atoms with Gasteiger partial charge < -0.3 is 25.5 Å². The number of quaternary nitrogens is 1. The second-order valence-electron chi connectivity index (χ2n) is 10.4. The van der Waals surface area contributed by atoms with Crippen LogP contribution in [-0.2, 0) is 9.53 Å². The fourth-order valence-electron chi connectivity index (χ4n) is 9.23. The fraction of sp³-hybridized carbons (Fsp3) is 0.826. The van der Waals surface area contributed by atoms with Gasteiger partial charge in [0.1, 0.15) is 5.60 Å². The summed E-state index contributed by atoms with van der Waals surface area (Å²) in [6.45, 7) is 1.88. The number of ether oxygens (including phenoxy) is 1. The number of aliphatic hydroxyl groups is 1. The zero-order valence-electron chi connectivity index (χ0n) is 18.2. The predicted molar refractivity (Wildman–Crippen MR) is 109 cm³/mol. The zero-order valence-corrected chi connectivity index (χ0v) is 18.2. The maximum Gasteiger partial charge on any atom is 0.293 e. The highest BCUT2D eigenvalue weighted by atomic mass is 16.5. The lowest BCUT2D eigenvalue weighted by atomic mass is 9.42. The number of carbonyl (C=O) groups is 1. The van der Waals surface area contributed by atoms with Crippen molar-refractivity contribution in [2.24, 2.45) is 39.3 Å². The highest BCUT2D eigenvalue weighted by molar-refractivity contribution is 5.90. The summed E-state index contributed by atoms with van der Waals surface area (Å²) in [5.41, 5.74) is 5.72. The number of hydrogen-bond acceptors (Lipinski definition) is 5. The number of carbonyl (C=O) groups excluding carboxylic acids is 1. The first kappa shape index (κ1) is 20.5. The van der Waals surface area contributed by atoms with Crippen LogP contribution < -0.4 is 15.7 Å². The molecule has 1 heterocycles. The molecule has 3 saturated carbocycles. The van der Waals surface area contributed by atoms with Gasteiger partial charge in [0, 0.05) is 36.5 Å². The van der Waals surface area contributed by atoms with Crippen molar-refractivity contribution in [3.8, 4) is 0 Å². The number of nitrogens with two attached hydrogens (primary N) is 1. The molecule has 1 unspecified atom stereocenters. The first-order valence-electron chi connectivity index (χ1n) is 11.6. The van der Waals surface area contributed by atoms with Crippen LogP contribution in [0.1, 0.15) is 51.4 Å². The van der Waals surface area contributed by atoms with E-state index < -0.39 is 11.6 Å². The third-order valence-corrected chi connectivity index (χ3v) is 9.77. The lowest BCUT2D eigenvalue weighted by molar-refractivity contribution is -0.826. The van der Waals surface area contributed by atoms with Gasteiger partial charge in [0.15, 0.2) is 0 Å². The average molecular weight is 418 g/mol. The summed E-state index contributed by atoms with van der Waals surface area (Å²) >= 11 is 0. The van der Waals surface area contributed by atoms with Crippen LogP contribution in [0.2, 0.25) is 0 Å². The van der Waals surface area contributed by atoms with Crippen LogP contribution in [-0.4, -0.2) is 56.5 Å². The van der Waals surface area contributed by atoms with Crippen LogP contribution in [0, 0.1) is 28.6 Å². The van der Waals surface area contributed by atoms with Crippen molar-refractivity contribution in [2.75, 3.05) is 33.9 Å². The number of likely N-dealkylation sites (tertiary alicyclic amines) is 1. The van der Waals surface area contributed by atoms with Crippen molar-refractivity contribution in [3.05, 3.63) is 11.1 Å². The van der Waals surface area contributed by atoms with Crippen LogP contribution in [0.4, 0.5) is 0 Å². The molecule has 2 spiro atoms. The van der Waals surface area contributed by atoms with Gasteiger partial charge in [0.25, 0.3) is 5.96 Å². The molecule has 5 rings (SSSR count). The second-order valence-corrected chi connectivity index (χ2v) is 10.4. The van der Waals surface area contributed by atoms with Crippen LogP contribution in [0.3, 0.4) is 0 Å². The number of nitrogens with one attached hydrogen (secondary N) is 1. The Labute approximate surface area is 178 Å². The van der Waals surface area contributed by atoms with Gasteiger partial charge in [-0.2, -0.15) is 0 Å². The molecule has 1 aliphatic heterocycles. The average Bonchev–Trinajstić information content (AvgIpc) is 3.00. The summed E-state index contributed by atoms with van der Waals surface area (Å²) in [5.74, 6) is 0.201. The number of carboxylic acid groups (broad SMARTS) is 1. The van der Waals surface area contributed by atoms with Crippen LogP contribution >= 0.6 is 0 Å². The summed E-state index contributed by atoms with van der Waals surface area (Å²) in [7, 11) is 3.30. The summed E-state index contributed by atoms with van der Waals surface area (Å²) in [4.78, 5) is 18.0. The predicted octanol–water partition coefficient (Wildman–Crippen LogP) is -0.750. The SMILES string of the molecule is CN=C(N)[NH+]1CCC[C@@]2(C1)[C@@H]1CC[C@H]3CCC[C@@H]4[C@@]32C(=C(C(=O)[O-])[C@@]4(O)COC)C1. The third-order valence-electron chi connectivity index (χ3n) is 9.77. The first-order chi connectivity index (χ1) is 14.4. The number of allylic oxidation sites excluding steroid dienone is 1. The van der Waals surface area contributed by atoms with Gasteiger partial charge in [-0.25, -0.2) is 4.99 Å². The van der Waals surface area contributed by atoms with E-state index in [0.717, 1.165) is 70.0 Å². The Hall–Kier alpha value is -1.44. The lowest BCUT2D eigenvalue weighted by Gasteiger charge is -2.62. The number of hydrogen-bond donors (Lipinski definition) is 3. The lowest BCUT2D eigenvalue weighted by Crippen LogP contribution is -3.18. The molecule has 0 aromatic rings. The molecule has 7 atom stereocenters. The van der Waals surface area contributed by atoms with E-state index in [1.54, 1.807) is 14.2 Å². The number of carboxylic acids is 1. The highest BCUT2D eigenvalue weighted by Gasteiger charge is 2.78. The number of methoxy groups -OCH3 is 1. The Morgan fingerprint density at radius 1 is 1.30 bits per heavy atom. The molecule has 166 valence electrons. The quantitative estimate of drug-likeness (QED) is 0.413. The molecule has 0 amide bonds. The zero-order chi connectivity index (χ0) is 21.3. The normalized spacial score (nSPS) is 47.6. The highest BCUT2D eigenvalue weighted by Crippen LogP contribution is 2.79. The maximum atomic E-state index is 12.5. The van der Waals surface area contributed by atoms with Crippen molar-refractivity contribution < 1.29 is 24.6 Å². The van der Waals surface area contributed by atoms with Gasteiger partial charge in [-0.15, -0.1) is 0 Å². The molecule has 30 heavy (non-hydrogen) atoms. The monoisotopic (exact) mass is 417 g/mol. The van der Waals surface area contributed by atoms with Crippen molar-refractivity contribution in [2.45, 2.75) is 57.0 Å². The van der Waals surface area contributed by atoms with E-state index in [2.05, 4.69) is 4.99 Å². The Morgan fingerprint density at radius 2 is 2.07 bits per heavy atom. The summed E-state index contributed by atoms with van der Waals surface area (Å²) in [6.07, 6.45) is 8.18. The Balaban J connectivity index is 1.74. The molecule has 0 aromatic carbocycles. The van der Waals surface area contributed by atoms with Gasteiger partial charge in [-0.3, -0.25) is 4.90 Å². The van der Waals surface area contributed by atoms with Gasteiger partial charge in [-0.05, 0) is 56.8 Å². The number of aliphatic carboxylic acids is 1. The molecule has 7 heteroatoms. The minimum Gasteiger partial charge on any atom is -0.545 e. The smallest absolute Gasteiger partial charge is 0.293 e. The van der Waals surface area contributed by atoms with Gasteiger partial charge in [0.05, 0.1) is 25.7 Å².